The number of benzene rings is 1. The number of carbonyl (C=O) groups excluding carboxylic acids is 1. The molecule has 4 heteroatoms. The average molecular weight is 214 g/mol. The minimum Gasteiger partial charge on any atom is -0.371 e. The Bertz CT molecular complexity index is 548. The molecule has 80 valence electrons. The Balaban J connectivity index is 2.25. The summed E-state index contributed by atoms with van der Waals surface area (Å²) in [6.07, 6.45) is 1.68. The van der Waals surface area contributed by atoms with Crippen LogP contribution in [-0.4, -0.2) is 16.0 Å². The van der Waals surface area contributed by atoms with Crippen LogP contribution in [-0.2, 0) is 10.4 Å². The van der Waals surface area contributed by atoms with Crippen molar-refractivity contribution in [2.45, 2.75) is 5.60 Å². The molecule has 1 aliphatic heterocycles. The molecule has 2 heterocycles. The molecule has 2 aromatic rings. The van der Waals surface area contributed by atoms with Gasteiger partial charge in [0.1, 0.15) is 0 Å². The lowest BCUT2D eigenvalue weighted by Crippen LogP contribution is -2.35. The predicted octanol–water partition coefficient (Wildman–Crippen LogP) is 1.20. The molecule has 0 bridgehead atoms. The third kappa shape index (κ3) is 0.991. The largest absolute Gasteiger partial charge is 0.371 e. The number of carbonyl (C=O) groups is 1. The minimum absolute atomic E-state index is 0.420. The number of aliphatic hydroxyl groups is 1. The molecular formula is C12H10N2O2. The molecular weight excluding hydrogens is 204 g/mol. The summed E-state index contributed by atoms with van der Waals surface area (Å²) in [5.74, 6) is -0.420. The van der Waals surface area contributed by atoms with Crippen LogP contribution in [0.5, 0.6) is 0 Å². The van der Waals surface area contributed by atoms with Gasteiger partial charge in [-0.1, -0.05) is 18.2 Å². The van der Waals surface area contributed by atoms with Gasteiger partial charge in [0.25, 0.3) is 5.91 Å². The highest BCUT2D eigenvalue weighted by molar-refractivity contribution is 6.06. The molecule has 1 atom stereocenters. The van der Waals surface area contributed by atoms with Crippen molar-refractivity contribution in [3.8, 4) is 0 Å². The summed E-state index contributed by atoms with van der Waals surface area (Å²) < 4.78 is 0. The number of hydrogen-bond acceptors (Lipinski definition) is 2. The van der Waals surface area contributed by atoms with Crippen LogP contribution in [0.25, 0.3) is 0 Å². The van der Waals surface area contributed by atoms with Crippen molar-refractivity contribution in [2.24, 2.45) is 0 Å². The molecule has 3 rings (SSSR count). The highest BCUT2D eigenvalue weighted by atomic mass is 16.3. The second kappa shape index (κ2) is 2.96. The highest BCUT2D eigenvalue weighted by Crippen LogP contribution is 2.39. The molecule has 0 fully saturated rings. The summed E-state index contributed by atoms with van der Waals surface area (Å²) >= 11 is 0. The third-order valence-corrected chi connectivity index (χ3v) is 2.88. The topological polar surface area (TPSA) is 65.1 Å². The number of hydrogen-bond donors (Lipinski definition) is 3. The lowest BCUT2D eigenvalue weighted by Gasteiger charge is -2.19. The number of anilines is 1. The van der Waals surface area contributed by atoms with Gasteiger partial charge in [-0.05, 0) is 18.2 Å². The van der Waals surface area contributed by atoms with E-state index in [1.165, 1.54) is 0 Å². The number of amides is 1. The number of aromatic nitrogens is 1. The SMILES string of the molecule is O=C1Nc2ccccc2C1(O)c1ccc[nH]1. The first-order chi connectivity index (χ1) is 7.73. The van der Waals surface area contributed by atoms with Gasteiger partial charge in [-0.25, -0.2) is 0 Å². The average Bonchev–Trinajstić information content (AvgIpc) is 2.89. The van der Waals surface area contributed by atoms with E-state index in [0.717, 1.165) is 0 Å². The lowest BCUT2D eigenvalue weighted by atomic mass is 9.92. The van der Waals surface area contributed by atoms with Crippen LogP contribution in [0.3, 0.4) is 0 Å². The van der Waals surface area contributed by atoms with Crippen molar-refractivity contribution < 1.29 is 9.90 Å². The Hall–Kier alpha value is -2.07. The summed E-state index contributed by atoms with van der Waals surface area (Å²) in [6.45, 7) is 0. The van der Waals surface area contributed by atoms with E-state index in [9.17, 15) is 9.90 Å². The van der Waals surface area contributed by atoms with E-state index in [-0.39, 0.29) is 0 Å². The van der Waals surface area contributed by atoms with Crippen molar-refractivity contribution in [1.82, 2.24) is 4.98 Å². The van der Waals surface area contributed by atoms with E-state index in [1.807, 2.05) is 6.07 Å². The molecule has 3 N–H and O–H groups in total. The number of H-pyrrole nitrogens is 1. The Morgan fingerprint density at radius 2 is 1.94 bits per heavy atom. The molecule has 1 aromatic heterocycles. The van der Waals surface area contributed by atoms with Gasteiger partial charge >= 0.3 is 0 Å². The normalized spacial score (nSPS) is 22.9. The van der Waals surface area contributed by atoms with Crippen LogP contribution >= 0.6 is 0 Å². The maximum absolute atomic E-state index is 11.9. The second-order valence-electron chi connectivity index (χ2n) is 3.79. The van der Waals surface area contributed by atoms with Crippen molar-refractivity contribution in [2.75, 3.05) is 5.32 Å². The number of para-hydroxylation sites is 1. The Morgan fingerprint density at radius 3 is 2.69 bits per heavy atom. The number of nitrogens with one attached hydrogen (secondary N) is 2. The zero-order chi connectivity index (χ0) is 11.2. The molecule has 0 saturated carbocycles. The first-order valence-electron chi connectivity index (χ1n) is 5.00. The number of fused-ring (bicyclic) bond motifs is 1. The van der Waals surface area contributed by atoms with Gasteiger partial charge < -0.3 is 15.4 Å². The molecule has 0 aliphatic carbocycles. The van der Waals surface area contributed by atoms with Gasteiger partial charge in [0.05, 0.1) is 5.69 Å². The fourth-order valence-electron chi connectivity index (χ4n) is 2.07. The van der Waals surface area contributed by atoms with E-state index in [2.05, 4.69) is 10.3 Å². The van der Waals surface area contributed by atoms with Crippen molar-refractivity contribution in [3.05, 3.63) is 53.9 Å². The summed E-state index contributed by atoms with van der Waals surface area (Å²) in [5.41, 5.74) is 0.127. The molecule has 16 heavy (non-hydrogen) atoms. The third-order valence-electron chi connectivity index (χ3n) is 2.88. The predicted molar refractivity (Wildman–Crippen MR) is 58.9 cm³/mol. The summed E-state index contributed by atoms with van der Waals surface area (Å²) in [4.78, 5) is 14.8. The lowest BCUT2D eigenvalue weighted by molar-refractivity contribution is -0.130. The first-order valence-corrected chi connectivity index (χ1v) is 5.00. The van der Waals surface area contributed by atoms with Gasteiger partial charge in [0.15, 0.2) is 0 Å². The minimum atomic E-state index is -1.60. The van der Waals surface area contributed by atoms with Crippen molar-refractivity contribution in [3.63, 3.8) is 0 Å². The first kappa shape index (κ1) is 9.18. The quantitative estimate of drug-likeness (QED) is 0.667. The zero-order valence-corrected chi connectivity index (χ0v) is 8.40. The van der Waals surface area contributed by atoms with Gasteiger partial charge in [-0.3, -0.25) is 4.79 Å². The van der Waals surface area contributed by atoms with Gasteiger partial charge in [0, 0.05) is 17.4 Å². The van der Waals surface area contributed by atoms with Gasteiger partial charge in [0.2, 0.25) is 5.60 Å². The van der Waals surface area contributed by atoms with Crippen LogP contribution in [0.15, 0.2) is 42.6 Å². The molecule has 1 aliphatic rings. The summed E-state index contributed by atoms with van der Waals surface area (Å²) in [5, 5.41) is 13.2. The Labute approximate surface area is 91.9 Å². The molecule has 1 aromatic carbocycles. The molecule has 0 saturated heterocycles. The van der Waals surface area contributed by atoms with Gasteiger partial charge in [-0.15, -0.1) is 0 Å². The van der Waals surface area contributed by atoms with Crippen LogP contribution in [0, 0.1) is 0 Å². The molecule has 4 nitrogen and oxygen atoms in total. The zero-order valence-electron chi connectivity index (χ0n) is 8.40. The maximum atomic E-state index is 11.9. The van der Waals surface area contributed by atoms with E-state index in [4.69, 9.17) is 0 Å². The highest BCUT2D eigenvalue weighted by Gasteiger charge is 2.47. The summed E-state index contributed by atoms with van der Waals surface area (Å²) in [7, 11) is 0. The molecule has 0 spiro atoms. The van der Waals surface area contributed by atoms with Crippen LogP contribution in [0.2, 0.25) is 0 Å². The van der Waals surface area contributed by atoms with Gasteiger partial charge in [-0.2, -0.15) is 0 Å². The molecule has 1 unspecified atom stereocenters. The number of aromatic amines is 1. The van der Waals surface area contributed by atoms with E-state index < -0.39 is 11.5 Å². The fraction of sp³-hybridized carbons (Fsp3) is 0.0833. The second-order valence-corrected chi connectivity index (χ2v) is 3.79. The van der Waals surface area contributed by atoms with E-state index >= 15 is 0 Å². The standard InChI is InChI=1S/C12H10N2O2/c15-11-12(16,10-6-3-7-13-10)8-4-1-2-5-9(8)14-11/h1-7,13,16H,(H,14,15). The van der Waals surface area contributed by atoms with Crippen LogP contribution < -0.4 is 5.32 Å². The van der Waals surface area contributed by atoms with E-state index in [0.29, 0.717) is 16.9 Å². The maximum Gasteiger partial charge on any atom is 0.267 e. The Morgan fingerprint density at radius 1 is 1.12 bits per heavy atom. The summed E-state index contributed by atoms with van der Waals surface area (Å²) in [6, 6.07) is 10.6. The monoisotopic (exact) mass is 214 g/mol. The Kier molecular flexibility index (Phi) is 1.70. The van der Waals surface area contributed by atoms with Crippen LogP contribution in [0.4, 0.5) is 5.69 Å². The molecule has 0 radical (unpaired) electrons. The van der Waals surface area contributed by atoms with Crippen LogP contribution in [0.1, 0.15) is 11.3 Å². The fourth-order valence-corrected chi connectivity index (χ4v) is 2.07. The van der Waals surface area contributed by atoms with E-state index in [1.54, 1.807) is 36.5 Å². The smallest absolute Gasteiger partial charge is 0.267 e. The van der Waals surface area contributed by atoms with Crippen molar-refractivity contribution in [1.29, 1.82) is 0 Å². The number of rotatable bonds is 1. The molecule has 1 amide bonds. The van der Waals surface area contributed by atoms with Crippen molar-refractivity contribution >= 4 is 11.6 Å².